The number of amides is 1. The van der Waals surface area contributed by atoms with Crippen molar-refractivity contribution >= 4 is 6.09 Å². The molecule has 0 spiro atoms. The summed E-state index contributed by atoms with van der Waals surface area (Å²) in [7, 11) is 0. The van der Waals surface area contributed by atoms with Gasteiger partial charge in [0.05, 0.1) is 6.04 Å². The Hall–Kier alpha value is -1.51. The van der Waals surface area contributed by atoms with Crippen LogP contribution >= 0.6 is 0 Å². The Morgan fingerprint density at radius 2 is 1.79 bits per heavy atom. The maximum Gasteiger partial charge on any atom is 0.407 e. The van der Waals surface area contributed by atoms with Crippen molar-refractivity contribution in [2.24, 2.45) is 5.41 Å². The Labute approximate surface area is 115 Å². The van der Waals surface area contributed by atoms with E-state index in [1.807, 2.05) is 0 Å². The highest BCUT2D eigenvalue weighted by Gasteiger charge is 2.37. The number of cyclic esters (lactones) is 1. The van der Waals surface area contributed by atoms with Crippen molar-refractivity contribution < 1.29 is 9.53 Å². The number of ether oxygens (including phenoxy) is 1. The largest absolute Gasteiger partial charge is 0.449 e. The molecule has 1 aromatic rings. The molecule has 1 N–H and O–H groups in total. The predicted octanol–water partition coefficient (Wildman–Crippen LogP) is 3.79. The number of hydrogen-bond acceptors (Lipinski definition) is 2. The lowest BCUT2D eigenvalue weighted by molar-refractivity contribution is 0.0387. The van der Waals surface area contributed by atoms with Gasteiger partial charge >= 0.3 is 6.09 Å². The van der Waals surface area contributed by atoms with Crippen LogP contribution in [0.2, 0.25) is 0 Å². The smallest absolute Gasteiger partial charge is 0.407 e. The molecule has 1 saturated heterocycles. The van der Waals surface area contributed by atoms with E-state index in [0.717, 1.165) is 5.56 Å². The van der Waals surface area contributed by atoms with Crippen LogP contribution in [0.4, 0.5) is 4.79 Å². The Kier molecular flexibility index (Phi) is 3.33. The number of carbonyl (C=O) groups excluding carboxylic acids is 1. The summed E-state index contributed by atoms with van der Waals surface area (Å²) in [6.45, 7) is 11.3. The third kappa shape index (κ3) is 2.91. The van der Waals surface area contributed by atoms with Gasteiger partial charge in [0.25, 0.3) is 0 Å². The van der Waals surface area contributed by atoms with Gasteiger partial charge in [0.2, 0.25) is 0 Å². The molecule has 0 bridgehead atoms. The Morgan fingerprint density at radius 1 is 1.21 bits per heavy atom. The monoisotopic (exact) mass is 261 g/mol. The lowest BCUT2D eigenvalue weighted by Gasteiger charge is -2.38. The molecule has 1 amide bonds. The van der Waals surface area contributed by atoms with E-state index in [4.69, 9.17) is 4.74 Å². The predicted molar refractivity (Wildman–Crippen MR) is 76.1 cm³/mol. The van der Waals surface area contributed by atoms with Gasteiger partial charge in [-0.2, -0.15) is 0 Å². The minimum atomic E-state index is -0.329. The van der Waals surface area contributed by atoms with Crippen molar-refractivity contribution in [3.8, 4) is 0 Å². The van der Waals surface area contributed by atoms with E-state index in [1.54, 1.807) is 0 Å². The number of hydrogen-bond donors (Lipinski definition) is 1. The van der Waals surface area contributed by atoms with E-state index >= 15 is 0 Å². The molecule has 1 fully saturated rings. The zero-order chi connectivity index (χ0) is 14.3. The summed E-state index contributed by atoms with van der Waals surface area (Å²) < 4.78 is 5.07. The highest BCUT2D eigenvalue weighted by atomic mass is 16.6. The normalized spacial score (nSPS) is 22.6. The molecule has 2 rings (SSSR count). The summed E-state index contributed by atoms with van der Waals surface area (Å²) in [6, 6.07) is 8.51. The molecule has 1 aromatic carbocycles. The van der Waals surface area contributed by atoms with Crippen LogP contribution in [0.5, 0.6) is 0 Å². The van der Waals surface area contributed by atoms with Gasteiger partial charge in [0.15, 0.2) is 0 Å². The van der Waals surface area contributed by atoms with Crippen LogP contribution in [0.25, 0.3) is 0 Å². The van der Waals surface area contributed by atoms with Gasteiger partial charge in [-0.05, 0) is 16.5 Å². The SMILES string of the molecule is CC(C)(C)c1ccc([C@@H]2NC(=O)OCC2(C)C)cc1. The van der Waals surface area contributed by atoms with E-state index in [9.17, 15) is 4.79 Å². The van der Waals surface area contributed by atoms with Crippen molar-refractivity contribution in [3.05, 3.63) is 35.4 Å². The molecular weight excluding hydrogens is 238 g/mol. The van der Waals surface area contributed by atoms with Gasteiger partial charge in [-0.15, -0.1) is 0 Å². The molecule has 0 radical (unpaired) electrons. The molecule has 1 aliphatic heterocycles. The van der Waals surface area contributed by atoms with Crippen LogP contribution in [-0.4, -0.2) is 12.7 Å². The first-order valence-electron chi connectivity index (χ1n) is 6.74. The van der Waals surface area contributed by atoms with Crippen molar-refractivity contribution in [1.82, 2.24) is 5.32 Å². The van der Waals surface area contributed by atoms with E-state index in [2.05, 4.69) is 64.2 Å². The van der Waals surface area contributed by atoms with Crippen LogP contribution in [0.15, 0.2) is 24.3 Å². The van der Waals surface area contributed by atoms with Crippen molar-refractivity contribution in [2.45, 2.75) is 46.1 Å². The summed E-state index contributed by atoms with van der Waals surface area (Å²) >= 11 is 0. The molecule has 0 unspecified atom stereocenters. The molecule has 1 aliphatic rings. The molecule has 0 aromatic heterocycles. The fraction of sp³-hybridized carbons (Fsp3) is 0.562. The second-order valence-corrected chi connectivity index (χ2v) is 7.01. The minimum absolute atomic E-state index is 0.00256. The number of alkyl carbamates (subject to hydrolysis) is 1. The van der Waals surface area contributed by atoms with Gasteiger partial charge in [0.1, 0.15) is 6.61 Å². The molecule has 19 heavy (non-hydrogen) atoms. The molecule has 1 heterocycles. The quantitative estimate of drug-likeness (QED) is 0.835. The van der Waals surface area contributed by atoms with E-state index < -0.39 is 0 Å². The lowest BCUT2D eigenvalue weighted by Crippen LogP contribution is -2.46. The summed E-state index contributed by atoms with van der Waals surface area (Å²) in [5, 5.41) is 2.92. The second-order valence-electron chi connectivity index (χ2n) is 7.01. The zero-order valence-electron chi connectivity index (χ0n) is 12.4. The van der Waals surface area contributed by atoms with E-state index in [0.29, 0.717) is 6.61 Å². The van der Waals surface area contributed by atoms with Crippen LogP contribution in [-0.2, 0) is 10.2 Å². The van der Waals surface area contributed by atoms with Crippen LogP contribution in [0, 0.1) is 5.41 Å². The summed E-state index contributed by atoms with van der Waals surface area (Å²) in [5.41, 5.74) is 2.48. The third-order valence-electron chi connectivity index (χ3n) is 3.73. The first-order valence-corrected chi connectivity index (χ1v) is 6.74. The third-order valence-corrected chi connectivity index (χ3v) is 3.73. The van der Waals surface area contributed by atoms with Crippen molar-refractivity contribution in [3.63, 3.8) is 0 Å². The number of rotatable bonds is 1. The minimum Gasteiger partial charge on any atom is -0.449 e. The molecule has 3 nitrogen and oxygen atoms in total. The maximum atomic E-state index is 11.4. The van der Waals surface area contributed by atoms with Gasteiger partial charge < -0.3 is 10.1 Å². The Balaban J connectivity index is 2.28. The Bertz CT molecular complexity index is 469. The maximum absolute atomic E-state index is 11.4. The molecule has 1 atom stereocenters. The molecule has 3 heteroatoms. The fourth-order valence-electron chi connectivity index (χ4n) is 2.40. The van der Waals surface area contributed by atoms with Crippen molar-refractivity contribution in [1.29, 1.82) is 0 Å². The van der Waals surface area contributed by atoms with E-state index in [1.165, 1.54) is 5.56 Å². The average molecular weight is 261 g/mol. The van der Waals surface area contributed by atoms with Crippen molar-refractivity contribution in [2.75, 3.05) is 6.61 Å². The van der Waals surface area contributed by atoms with Gasteiger partial charge in [0, 0.05) is 5.41 Å². The summed E-state index contributed by atoms with van der Waals surface area (Å²) in [4.78, 5) is 11.4. The van der Waals surface area contributed by atoms with Crippen LogP contribution in [0.1, 0.15) is 51.8 Å². The average Bonchev–Trinajstić information content (AvgIpc) is 2.31. The molecule has 0 saturated carbocycles. The highest BCUT2D eigenvalue weighted by Crippen LogP contribution is 2.37. The van der Waals surface area contributed by atoms with Gasteiger partial charge in [-0.1, -0.05) is 58.9 Å². The van der Waals surface area contributed by atoms with Gasteiger partial charge in [-0.25, -0.2) is 4.79 Å². The summed E-state index contributed by atoms with van der Waals surface area (Å²) in [5.74, 6) is 0. The fourth-order valence-corrected chi connectivity index (χ4v) is 2.40. The lowest BCUT2D eigenvalue weighted by atomic mass is 9.79. The second kappa shape index (κ2) is 4.55. The highest BCUT2D eigenvalue weighted by molar-refractivity contribution is 5.69. The van der Waals surface area contributed by atoms with E-state index in [-0.39, 0.29) is 23.0 Å². The Morgan fingerprint density at radius 3 is 2.32 bits per heavy atom. The molecule has 104 valence electrons. The first-order chi connectivity index (χ1) is 8.70. The van der Waals surface area contributed by atoms with Gasteiger partial charge in [-0.3, -0.25) is 0 Å². The number of carbonyl (C=O) groups is 1. The zero-order valence-corrected chi connectivity index (χ0v) is 12.4. The van der Waals surface area contributed by atoms with Crippen LogP contribution in [0.3, 0.4) is 0 Å². The topological polar surface area (TPSA) is 38.3 Å². The first kappa shape index (κ1) is 13.9. The standard InChI is InChI=1S/C16H23NO2/c1-15(2,3)12-8-6-11(7-9-12)13-16(4,5)10-19-14(18)17-13/h6-9,13H,10H2,1-5H3,(H,17,18)/t13-/m0/s1. The number of nitrogens with one attached hydrogen (secondary N) is 1. The molecular formula is C16H23NO2. The van der Waals surface area contributed by atoms with Crippen LogP contribution < -0.4 is 5.32 Å². The summed E-state index contributed by atoms with van der Waals surface area (Å²) in [6.07, 6.45) is -0.329. The number of benzene rings is 1. The molecule has 0 aliphatic carbocycles.